The predicted octanol–water partition coefficient (Wildman–Crippen LogP) is 0.590. The first-order chi connectivity index (χ1) is 8.45. The van der Waals surface area contributed by atoms with Gasteiger partial charge in [-0.3, -0.25) is 4.79 Å². The van der Waals surface area contributed by atoms with Gasteiger partial charge in [0, 0.05) is 5.39 Å². The van der Waals surface area contributed by atoms with Gasteiger partial charge in [0.05, 0.1) is 0 Å². The van der Waals surface area contributed by atoms with Gasteiger partial charge in [-0.2, -0.15) is 4.39 Å². The van der Waals surface area contributed by atoms with Crippen molar-refractivity contribution in [3.63, 3.8) is 0 Å². The second kappa shape index (κ2) is 4.13. The fraction of sp³-hybridized carbons (Fsp3) is 0. The van der Waals surface area contributed by atoms with E-state index in [1.807, 2.05) is 0 Å². The molecule has 0 spiro atoms. The number of rotatable bonds is 1. The summed E-state index contributed by atoms with van der Waals surface area (Å²) in [5.41, 5.74) is -2.31. The van der Waals surface area contributed by atoms with E-state index in [0.717, 1.165) is 12.1 Å². The van der Waals surface area contributed by atoms with Gasteiger partial charge in [0.1, 0.15) is 5.56 Å². The van der Waals surface area contributed by atoms with Crippen LogP contribution in [0.15, 0.2) is 21.3 Å². The minimum absolute atomic E-state index is 0.194. The Balaban J connectivity index is 2.85. The minimum atomic E-state index is -1.41. The molecule has 2 aromatic rings. The van der Waals surface area contributed by atoms with Crippen molar-refractivity contribution in [1.29, 1.82) is 0 Å². The number of phenols is 1. The highest BCUT2D eigenvalue weighted by Crippen LogP contribution is 2.28. The molecule has 90 valence electrons. The van der Waals surface area contributed by atoms with Crippen LogP contribution in [0.5, 0.6) is 5.75 Å². The Morgan fingerprint density at radius 3 is 2.67 bits per heavy atom. The van der Waals surface area contributed by atoms with E-state index in [9.17, 15) is 18.4 Å². The maximum absolute atomic E-state index is 13.4. The van der Waals surface area contributed by atoms with Gasteiger partial charge in [0.15, 0.2) is 17.1 Å². The van der Waals surface area contributed by atoms with Gasteiger partial charge in [0.2, 0.25) is 19.7 Å². The van der Waals surface area contributed by atoms with Crippen LogP contribution in [0.25, 0.3) is 11.0 Å². The SMILES string of the molecule is [B]NC(=O)c1cc2cc(F)c(O)c(F)c2oc1=O. The van der Waals surface area contributed by atoms with Crippen LogP contribution < -0.4 is 10.9 Å². The number of carbonyl (C=O) groups excluding carboxylic acids is 1. The van der Waals surface area contributed by atoms with E-state index in [-0.39, 0.29) is 5.39 Å². The summed E-state index contributed by atoms with van der Waals surface area (Å²) in [5, 5.41) is 10.5. The molecule has 0 aliphatic heterocycles. The summed E-state index contributed by atoms with van der Waals surface area (Å²) in [5.74, 6) is -4.88. The first-order valence-corrected chi connectivity index (χ1v) is 4.61. The number of phenolic OH excluding ortho intramolecular Hbond substituents is 1. The maximum Gasteiger partial charge on any atom is 0.349 e. The van der Waals surface area contributed by atoms with E-state index in [2.05, 4.69) is 4.42 Å². The lowest BCUT2D eigenvalue weighted by Gasteiger charge is -2.04. The standard InChI is InChI=1S/C10H4BF2NO4/c11-14-9(16)4-1-3-2-5(12)7(15)6(13)8(3)18-10(4)17/h1-2,15H,(H,14,16). The molecular weight excluding hydrogens is 247 g/mol. The molecule has 0 atom stereocenters. The first kappa shape index (κ1) is 12.1. The van der Waals surface area contributed by atoms with Gasteiger partial charge in [-0.15, -0.1) is 0 Å². The molecule has 1 aromatic heterocycles. The summed E-state index contributed by atoms with van der Waals surface area (Å²) < 4.78 is 31.0. The number of hydrogen-bond donors (Lipinski definition) is 2. The van der Waals surface area contributed by atoms with Crippen LogP contribution in [0.2, 0.25) is 0 Å². The smallest absolute Gasteiger partial charge is 0.349 e. The number of fused-ring (bicyclic) bond motifs is 1. The Labute approximate surface area is 99.5 Å². The van der Waals surface area contributed by atoms with Gasteiger partial charge in [-0.25, -0.2) is 9.18 Å². The molecule has 2 rings (SSSR count). The van der Waals surface area contributed by atoms with Crippen molar-refractivity contribution < 1.29 is 23.1 Å². The summed E-state index contributed by atoms with van der Waals surface area (Å²) in [6, 6.07) is 1.64. The number of benzene rings is 1. The van der Waals surface area contributed by atoms with Gasteiger partial charge < -0.3 is 14.8 Å². The van der Waals surface area contributed by atoms with Gasteiger partial charge in [-0.1, -0.05) is 0 Å². The molecule has 0 bridgehead atoms. The van der Waals surface area contributed by atoms with E-state index in [4.69, 9.17) is 13.1 Å². The average Bonchev–Trinajstić information content (AvgIpc) is 2.36. The predicted molar refractivity (Wildman–Crippen MR) is 57.3 cm³/mol. The fourth-order valence-corrected chi connectivity index (χ4v) is 1.42. The molecule has 2 N–H and O–H groups in total. The lowest BCUT2D eigenvalue weighted by atomic mass is 10.1. The molecule has 0 saturated heterocycles. The van der Waals surface area contributed by atoms with E-state index in [0.29, 0.717) is 0 Å². The molecule has 1 heterocycles. The third kappa shape index (κ3) is 1.71. The Kier molecular flexibility index (Phi) is 2.78. The van der Waals surface area contributed by atoms with Crippen LogP contribution >= 0.6 is 0 Å². The summed E-state index contributed by atoms with van der Waals surface area (Å²) >= 11 is 0. The van der Waals surface area contributed by atoms with Crippen molar-refractivity contribution in [3.05, 3.63) is 39.8 Å². The van der Waals surface area contributed by atoms with Gasteiger partial charge in [-0.05, 0) is 12.1 Å². The first-order valence-electron chi connectivity index (χ1n) is 4.61. The zero-order valence-corrected chi connectivity index (χ0v) is 8.66. The Morgan fingerprint density at radius 1 is 1.39 bits per heavy atom. The molecular formula is C10H4BF2NO4. The molecule has 0 unspecified atom stereocenters. The highest BCUT2D eigenvalue weighted by Gasteiger charge is 2.18. The van der Waals surface area contributed by atoms with E-state index in [1.165, 1.54) is 0 Å². The van der Waals surface area contributed by atoms with Crippen molar-refractivity contribution in [2.45, 2.75) is 0 Å². The van der Waals surface area contributed by atoms with Gasteiger partial charge in [0.25, 0.3) is 0 Å². The average molecular weight is 251 g/mol. The van der Waals surface area contributed by atoms with E-state index in [1.54, 1.807) is 5.23 Å². The monoisotopic (exact) mass is 251 g/mol. The zero-order chi connectivity index (χ0) is 13.4. The topological polar surface area (TPSA) is 79.5 Å². The third-order valence-corrected chi connectivity index (χ3v) is 2.27. The lowest BCUT2D eigenvalue weighted by Crippen LogP contribution is -2.25. The fourth-order valence-electron chi connectivity index (χ4n) is 1.42. The molecule has 1 amide bonds. The highest BCUT2D eigenvalue weighted by atomic mass is 19.1. The number of hydrogen-bond acceptors (Lipinski definition) is 4. The molecule has 8 heteroatoms. The number of carbonyl (C=O) groups is 1. The quantitative estimate of drug-likeness (QED) is 0.574. The van der Waals surface area contributed by atoms with Crippen LogP contribution in [0.3, 0.4) is 0 Å². The number of halogens is 2. The summed E-state index contributed by atoms with van der Waals surface area (Å²) in [7, 11) is 4.83. The molecule has 0 aliphatic carbocycles. The Morgan fingerprint density at radius 2 is 2.06 bits per heavy atom. The molecule has 2 radical (unpaired) electrons. The normalized spacial score (nSPS) is 10.6. The third-order valence-electron chi connectivity index (χ3n) is 2.27. The second-order valence-corrected chi connectivity index (χ2v) is 3.36. The molecule has 0 saturated carbocycles. The van der Waals surface area contributed by atoms with Crippen molar-refractivity contribution in [3.8, 4) is 5.75 Å². The molecule has 5 nitrogen and oxygen atoms in total. The van der Waals surface area contributed by atoms with Crippen LogP contribution in [-0.2, 0) is 0 Å². The molecule has 1 aromatic carbocycles. The maximum atomic E-state index is 13.4. The lowest BCUT2D eigenvalue weighted by molar-refractivity contribution is 0.0978. The van der Waals surface area contributed by atoms with Crippen molar-refractivity contribution >= 4 is 24.9 Å². The summed E-state index contributed by atoms with van der Waals surface area (Å²) in [4.78, 5) is 22.5. The Hall–Kier alpha value is -2.38. The van der Waals surface area contributed by atoms with E-state index < -0.39 is 40.1 Å². The highest BCUT2D eigenvalue weighted by molar-refractivity contribution is 6.18. The van der Waals surface area contributed by atoms with Crippen LogP contribution in [0.1, 0.15) is 10.4 Å². The van der Waals surface area contributed by atoms with Crippen LogP contribution in [0, 0.1) is 11.6 Å². The van der Waals surface area contributed by atoms with E-state index >= 15 is 0 Å². The Bertz CT molecular complexity index is 713. The van der Waals surface area contributed by atoms with Crippen LogP contribution in [-0.4, -0.2) is 19.0 Å². The number of amides is 1. The summed E-state index contributed by atoms with van der Waals surface area (Å²) in [6.07, 6.45) is 0. The minimum Gasteiger partial charge on any atom is -0.503 e. The van der Waals surface area contributed by atoms with Gasteiger partial charge >= 0.3 is 5.63 Å². The largest absolute Gasteiger partial charge is 0.503 e. The molecule has 0 fully saturated rings. The van der Waals surface area contributed by atoms with Crippen molar-refractivity contribution in [2.24, 2.45) is 0 Å². The van der Waals surface area contributed by atoms with Crippen molar-refractivity contribution in [2.75, 3.05) is 0 Å². The molecule has 18 heavy (non-hydrogen) atoms. The zero-order valence-electron chi connectivity index (χ0n) is 8.66. The molecule has 0 aliphatic rings. The number of aromatic hydroxyl groups is 1. The van der Waals surface area contributed by atoms with Crippen LogP contribution in [0.4, 0.5) is 8.78 Å². The van der Waals surface area contributed by atoms with Crippen molar-refractivity contribution in [1.82, 2.24) is 5.23 Å². The number of nitrogens with one attached hydrogen (secondary N) is 1. The second-order valence-electron chi connectivity index (χ2n) is 3.36. The summed E-state index contributed by atoms with van der Waals surface area (Å²) in [6.45, 7) is 0.